The maximum atomic E-state index is 10.7. The number of thiazole rings is 1. The number of rotatable bonds is 3. The Balaban J connectivity index is 2.89. The van der Waals surface area contributed by atoms with Crippen molar-refractivity contribution in [2.45, 2.75) is 20.3 Å². The van der Waals surface area contributed by atoms with Gasteiger partial charge in [0.2, 0.25) is 0 Å². The smallest absolute Gasteiger partial charge is 0.348 e. The van der Waals surface area contributed by atoms with E-state index in [2.05, 4.69) is 34.8 Å². The van der Waals surface area contributed by atoms with E-state index in [1.807, 2.05) is 0 Å². The maximum Gasteiger partial charge on any atom is 0.348 e. The van der Waals surface area contributed by atoms with E-state index in [9.17, 15) is 4.79 Å². The van der Waals surface area contributed by atoms with Gasteiger partial charge in [0.15, 0.2) is 0 Å². The zero-order valence-electron chi connectivity index (χ0n) is 7.37. The molecule has 1 aromatic heterocycles. The topological polar surface area (TPSA) is 50.2 Å². The summed E-state index contributed by atoms with van der Waals surface area (Å²) in [7, 11) is 0. The SMILES string of the molecule is CC(C)Cc1nc(Br)c(C(=O)O)s1. The van der Waals surface area contributed by atoms with Gasteiger partial charge >= 0.3 is 5.97 Å². The number of hydrogen-bond acceptors (Lipinski definition) is 3. The van der Waals surface area contributed by atoms with Gasteiger partial charge < -0.3 is 5.11 Å². The second kappa shape index (κ2) is 4.19. The molecule has 0 bridgehead atoms. The molecule has 0 fully saturated rings. The molecule has 0 unspecified atom stereocenters. The van der Waals surface area contributed by atoms with E-state index >= 15 is 0 Å². The maximum absolute atomic E-state index is 10.7. The van der Waals surface area contributed by atoms with Crippen LogP contribution < -0.4 is 0 Å². The van der Waals surface area contributed by atoms with Crippen molar-refractivity contribution in [3.8, 4) is 0 Å². The molecule has 0 atom stereocenters. The first-order valence-electron chi connectivity index (χ1n) is 3.89. The van der Waals surface area contributed by atoms with Crippen molar-refractivity contribution in [2.24, 2.45) is 5.92 Å². The van der Waals surface area contributed by atoms with Crippen molar-refractivity contribution in [2.75, 3.05) is 0 Å². The van der Waals surface area contributed by atoms with Crippen LogP contribution in [0.4, 0.5) is 0 Å². The van der Waals surface area contributed by atoms with Gasteiger partial charge in [-0.05, 0) is 21.8 Å². The Morgan fingerprint density at radius 2 is 2.31 bits per heavy atom. The van der Waals surface area contributed by atoms with Crippen molar-refractivity contribution in [3.05, 3.63) is 14.5 Å². The molecule has 0 saturated carbocycles. The Kier molecular flexibility index (Phi) is 3.44. The van der Waals surface area contributed by atoms with Gasteiger partial charge in [-0.25, -0.2) is 9.78 Å². The molecule has 0 amide bonds. The number of carboxylic acid groups (broad SMARTS) is 1. The minimum atomic E-state index is -0.917. The summed E-state index contributed by atoms with van der Waals surface area (Å²) in [5.41, 5.74) is 0. The third kappa shape index (κ3) is 2.77. The first-order valence-corrected chi connectivity index (χ1v) is 5.50. The lowest BCUT2D eigenvalue weighted by Crippen LogP contribution is -1.92. The molecule has 0 aliphatic rings. The van der Waals surface area contributed by atoms with Crippen LogP contribution in [0, 0.1) is 5.92 Å². The quantitative estimate of drug-likeness (QED) is 0.913. The molecule has 0 radical (unpaired) electrons. The molecule has 72 valence electrons. The molecule has 13 heavy (non-hydrogen) atoms. The van der Waals surface area contributed by atoms with Gasteiger partial charge in [0.1, 0.15) is 9.48 Å². The van der Waals surface area contributed by atoms with Gasteiger partial charge in [0, 0.05) is 6.42 Å². The van der Waals surface area contributed by atoms with Crippen molar-refractivity contribution in [3.63, 3.8) is 0 Å². The summed E-state index contributed by atoms with van der Waals surface area (Å²) in [5.74, 6) is -0.418. The van der Waals surface area contributed by atoms with E-state index < -0.39 is 5.97 Å². The standard InChI is InChI=1S/C8H10BrNO2S/c1-4(2)3-5-10-7(9)6(13-5)8(11)12/h4H,3H2,1-2H3,(H,11,12). The van der Waals surface area contributed by atoms with Crippen LogP contribution in [-0.4, -0.2) is 16.1 Å². The van der Waals surface area contributed by atoms with E-state index in [1.165, 1.54) is 11.3 Å². The highest BCUT2D eigenvalue weighted by molar-refractivity contribution is 9.10. The number of aromatic nitrogens is 1. The number of nitrogens with zero attached hydrogens (tertiary/aromatic N) is 1. The molecular formula is C8H10BrNO2S. The normalized spacial score (nSPS) is 10.8. The van der Waals surface area contributed by atoms with E-state index in [1.54, 1.807) is 0 Å². The third-order valence-corrected chi connectivity index (χ3v) is 3.31. The molecule has 1 N–H and O–H groups in total. The highest BCUT2D eigenvalue weighted by atomic mass is 79.9. The molecular weight excluding hydrogens is 254 g/mol. The Bertz CT molecular complexity index is 322. The van der Waals surface area contributed by atoms with E-state index in [-0.39, 0.29) is 4.88 Å². The molecule has 1 aromatic rings. The lowest BCUT2D eigenvalue weighted by Gasteiger charge is -1.97. The van der Waals surface area contributed by atoms with Crippen LogP contribution >= 0.6 is 27.3 Å². The van der Waals surface area contributed by atoms with Crippen molar-refractivity contribution in [1.29, 1.82) is 0 Å². The van der Waals surface area contributed by atoms with Gasteiger partial charge in [-0.3, -0.25) is 0 Å². The fourth-order valence-electron chi connectivity index (χ4n) is 0.911. The zero-order valence-corrected chi connectivity index (χ0v) is 9.78. The van der Waals surface area contributed by atoms with Gasteiger partial charge in [-0.15, -0.1) is 11.3 Å². The molecule has 0 aliphatic carbocycles. The van der Waals surface area contributed by atoms with Gasteiger partial charge in [-0.1, -0.05) is 13.8 Å². The summed E-state index contributed by atoms with van der Waals surface area (Å²) in [6, 6.07) is 0. The minimum absolute atomic E-state index is 0.288. The summed E-state index contributed by atoms with van der Waals surface area (Å²) in [6.07, 6.45) is 0.830. The van der Waals surface area contributed by atoms with Crippen LogP contribution in [0.2, 0.25) is 0 Å². The molecule has 0 aliphatic heterocycles. The van der Waals surface area contributed by atoms with Gasteiger partial charge in [-0.2, -0.15) is 0 Å². The number of carboxylic acids is 1. The average molecular weight is 264 g/mol. The summed E-state index contributed by atoms with van der Waals surface area (Å²) in [5, 5.41) is 9.63. The van der Waals surface area contributed by atoms with Gasteiger partial charge in [0.05, 0.1) is 5.01 Å². The molecule has 0 spiro atoms. The van der Waals surface area contributed by atoms with Crippen LogP contribution in [0.15, 0.2) is 4.60 Å². The lowest BCUT2D eigenvalue weighted by atomic mass is 10.1. The summed E-state index contributed by atoms with van der Waals surface area (Å²) in [4.78, 5) is 15.1. The molecule has 0 saturated heterocycles. The van der Waals surface area contributed by atoms with Crippen molar-refractivity contribution < 1.29 is 9.90 Å². The van der Waals surface area contributed by atoms with E-state index in [4.69, 9.17) is 5.11 Å². The summed E-state index contributed by atoms with van der Waals surface area (Å²) >= 11 is 4.36. The average Bonchev–Trinajstić information content (AvgIpc) is 2.29. The Morgan fingerprint density at radius 3 is 2.69 bits per heavy atom. The first kappa shape index (κ1) is 10.7. The van der Waals surface area contributed by atoms with Crippen LogP contribution in [0.5, 0.6) is 0 Å². The Morgan fingerprint density at radius 1 is 1.69 bits per heavy atom. The van der Waals surface area contributed by atoms with Gasteiger partial charge in [0.25, 0.3) is 0 Å². The van der Waals surface area contributed by atoms with Crippen LogP contribution in [-0.2, 0) is 6.42 Å². The number of aromatic carboxylic acids is 1. The summed E-state index contributed by atoms with van der Waals surface area (Å²) in [6.45, 7) is 4.16. The summed E-state index contributed by atoms with van der Waals surface area (Å²) < 4.78 is 0.445. The van der Waals surface area contributed by atoms with E-state index in [0.717, 1.165) is 11.4 Å². The molecule has 1 heterocycles. The molecule has 5 heteroatoms. The second-order valence-corrected chi connectivity index (χ2v) is 4.97. The highest BCUT2D eigenvalue weighted by Gasteiger charge is 2.15. The second-order valence-electron chi connectivity index (χ2n) is 3.13. The first-order chi connectivity index (χ1) is 6.00. The highest BCUT2D eigenvalue weighted by Crippen LogP contribution is 2.25. The monoisotopic (exact) mass is 263 g/mol. The zero-order chi connectivity index (χ0) is 10.0. The Labute approximate surface area is 88.9 Å². The number of halogens is 1. The largest absolute Gasteiger partial charge is 0.477 e. The fraction of sp³-hybridized carbons (Fsp3) is 0.500. The lowest BCUT2D eigenvalue weighted by molar-refractivity contribution is 0.0701. The predicted molar refractivity (Wildman–Crippen MR) is 55.3 cm³/mol. The van der Waals surface area contributed by atoms with Crippen molar-refractivity contribution >= 4 is 33.2 Å². The fourth-order valence-corrected chi connectivity index (χ4v) is 2.66. The molecule has 0 aromatic carbocycles. The third-order valence-electron chi connectivity index (χ3n) is 1.41. The van der Waals surface area contributed by atoms with Crippen LogP contribution in [0.1, 0.15) is 28.5 Å². The Hall–Kier alpha value is -0.420. The molecule has 1 rings (SSSR count). The van der Waals surface area contributed by atoms with Crippen LogP contribution in [0.25, 0.3) is 0 Å². The van der Waals surface area contributed by atoms with Crippen LogP contribution in [0.3, 0.4) is 0 Å². The molecule has 3 nitrogen and oxygen atoms in total. The minimum Gasteiger partial charge on any atom is -0.477 e. The number of carbonyl (C=O) groups is 1. The van der Waals surface area contributed by atoms with Crippen molar-refractivity contribution in [1.82, 2.24) is 4.98 Å². The van der Waals surface area contributed by atoms with E-state index in [0.29, 0.717) is 10.5 Å². The predicted octanol–water partition coefficient (Wildman–Crippen LogP) is 2.80. The number of hydrogen-bond donors (Lipinski definition) is 1.